The molecule has 22 heteroatoms. The third-order valence-electron chi connectivity index (χ3n) is 13.6. The van der Waals surface area contributed by atoms with Gasteiger partial charge >= 0.3 is 6.09 Å². The minimum Gasteiger partial charge on any atom is -0.492 e. The number of amides is 4. The van der Waals surface area contributed by atoms with E-state index < -0.39 is 23.3 Å². The molecule has 2 aromatic carbocycles. The van der Waals surface area contributed by atoms with Gasteiger partial charge in [-0.3, -0.25) is 19.3 Å². The number of imidazole rings is 1. The highest BCUT2D eigenvalue weighted by Gasteiger charge is 2.45. The Morgan fingerprint density at radius 2 is 1.61 bits per heavy atom. The molecule has 6 aromatic rings. The lowest BCUT2D eigenvalue weighted by molar-refractivity contribution is -0.134. The van der Waals surface area contributed by atoms with Crippen molar-refractivity contribution in [2.45, 2.75) is 70.2 Å². The molecule has 4 aromatic heterocycles. The number of H-pyrrole nitrogens is 1. The number of likely N-dealkylation sites (N-methyl/N-ethyl adjacent to an activating group) is 1. The zero-order valence-electron chi connectivity index (χ0n) is 44.8. The Labute approximate surface area is 454 Å². The number of hydrogen-bond donors (Lipinski definition) is 4. The molecule has 0 saturated carbocycles. The number of nitrogens with one attached hydrogen (secondary N) is 4. The molecule has 0 spiro atoms. The summed E-state index contributed by atoms with van der Waals surface area (Å²) >= 11 is 6.31. The zero-order valence-corrected chi connectivity index (χ0v) is 45.5. The smallest absolute Gasteiger partial charge is 0.408 e. The van der Waals surface area contributed by atoms with Gasteiger partial charge in [0.15, 0.2) is 5.65 Å². The van der Waals surface area contributed by atoms with Gasteiger partial charge in [0.25, 0.3) is 5.91 Å². The third kappa shape index (κ3) is 15.6. The first kappa shape index (κ1) is 56.3. The van der Waals surface area contributed by atoms with Gasteiger partial charge in [0.2, 0.25) is 11.8 Å². The number of nitrogens with zero attached hydrogens (tertiary/aromatic N) is 9. The largest absolute Gasteiger partial charge is 0.492 e. The number of ether oxygens (including phenoxy) is 4. The zero-order chi connectivity index (χ0) is 54.4. The first-order valence-corrected chi connectivity index (χ1v) is 26.7. The van der Waals surface area contributed by atoms with Crippen molar-refractivity contribution >= 4 is 63.4 Å². The van der Waals surface area contributed by atoms with Crippen molar-refractivity contribution in [2.75, 3.05) is 111 Å². The van der Waals surface area contributed by atoms with E-state index in [1.165, 1.54) is 6.33 Å². The van der Waals surface area contributed by atoms with E-state index in [-0.39, 0.29) is 49.6 Å². The van der Waals surface area contributed by atoms with E-state index in [0.717, 1.165) is 40.3 Å². The van der Waals surface area contributed by atoms with Crippen LogP contribution in [-0.2, 0) is 30.3 Å². The fraction of sp³-hybridized carbons (Fsp3) is 0.491. The molecule has 0 radical (unpaired) electrons. The number of carbonyl (C=O) groups excluding carboxylic acids is 4. The summed E-state index contributed by atoms with van der Waals surface area (Å²) in [7, 11) is 4.01. The van der Waals surface area contributed by atoms with Crippen LogP contribution in [0.5, 0.6) is 5.75 Å². The Bertz CT molecular complexity index is 2910. The maximum atomic E-state index is 14.7. The van der Waals surface area contributed by atoms with Crippen molar-refractivity contribution in [3.63, 3.8) is 0 Å². The molecule has 2 fully saturated rings. The summed E-state index contributed by atoms with van der Waals surface area (Å²) in [6.45, 7) is 12.7. The highest BCUT2D eigenvalue weighted by molar-refractivity contribution is 6.30. The molecule has 6 heterocycles. The van der Waals surface area contributed by atoms with E-state index in [9.17, 15) is 19.2 Å². The minimum absolute atomic E-state index is 0.0231. The second-order valence-corrected chi connectivity index (χ2v) is 21.1. The highest BCUT2D eigenvalue weighted by atomic mass is 35.5. The van der Waals surface area contributed by atoms with E-state index in [2.05, 4.69) is 55.6 Å². The molecule has 2 aliphatic heterocycles. The van der Waals surface area contributed by atoms with Gasteiger partial charge in [0, 0.05) is 75.7 Å². The van der Waals surface area contributed by atoms with Gasteiger partial charge in [0.05, 0.1) is 57.1 Å². The van der Waals surface area contributed by atoms with E-state index in [1.54, 1.807) is 39.2 Å². The molecular formula is C55H72ClN13O8. The third-order valence-corrected chi connectivity index (χ3v) is 13.9. The molecule has 2 saturated heterocycles. The maximum absolute atomic E-state index is 14.7. The molecule has 1 atom stereocenters. The van der Waals surface area contributed by atoms with Gasteiger partial charge in [-0.05, 0) is 96.1 Å². The molecular weight excluding hydrogens is 1010 g/mol. The molecule has 4 amide bonds. The molecule has 21 nitrogen and oxygen atoms in total. The summed E-state index contributed by atoms with van der Waals surface area (Å²) in [4.78, 5) is 83.8. The number of aromatic nitrogens is 6. The molecule has 2 aliphatic rings. The van der Waals surface area contributed by atoms with Gasteiger partial charge in [-0.25, -0.2) is 24.7 Å². The number of fused-ring (bicyclic) bond motifs is 2. The molecule has 412 valence electrons. The number of halogens is 1. The Balaban J connectivity index is 0.742. The number of rotatable bonds is 24. The quantitative estimate of drug-likeness (QED) is 0.0553. The summed E-state index contributed by atoms with van der Waals surface area (Å²) in [6, 6.07) is 20.3. The van der Waals surface area contributed by atoms with Crippen LogP contribution < -0.4 is 25.6 Å². The number of alkyl carbamates (subject to hydrolysis) is 1. The standard InChI is InChI=1S/C55H72ClN13O8/c1-54(2,3)77-53(73)64-55(19-24-68(25-20-55)49-42-16-21-57-48(42)59-37-60-49)52(72)63-43(39-10-12-41(56)13-11-39)17-23-66-26-28-67(29-27-66)47(70)18-31-74-34-35-75-32-22-58-51(71)45-15-14-44-50(62-45)69(38-61-44)36-40-8-6-7-9-46(40)76-33-30-65(4)5/h6-16,21,37-38,43H,17-20,22-36H2,1-5H3,(H,58,71)(H,63,72)(H,64,73)(H,57,59,60)/t43-/m0/s1. The van der Waals surface area contributed by atoms with Crippen LogP contribution in [0.4, 0.5) is 10.6 Å². The van der Waals surface area contributed by atoms with Crippen LogP contribution in [0.15, 0.2) is 85.6 Å². The Kier molecular flexibility index (Phi) is 19.3. The van der Waals surface area contributed by atoms with Gasteiger partial charge in [-0.15, -0.1) is 0 Å². The van der Waals surface area contributed by atoms with Gasteiger partial charge in [-0.1, -0.05) is 41.9 Å². The number of hydrogen-bond acceptors (Lipinski definition) is 15. The number of anilines is 1. The summed E-state index contributed by atoms with van der Waals surface area (Å²) in [5.74, 6) is 0.972. The van der Waals surface area contributed by atoms with Crippen molar-refractivity contribution in [1.29, 1.82) is 0 Å². The molecule has 4 N–H and O–H groups in total. The monoisotopic (exact) mass is 1080 g/mol. The SMILES string of the molecule is CN(C)CCOc1ccccc1Cn1cnc2ccc(C(=O)NCCOCCOCCC(=O)N3CCN(CC[C@H](NC(=O)C4(NC(=O)OC(C)(C)C)CCN(c5ncnc6[nH]ccc56)CC4)c4ccc(Cl)cc4)CC3)nc21. The van der Waals surface area contributed by atoms with Crippen molar-refractivity contribution in [3.05, 3.63) is 107 Å². The number of carbonyl (C=O) groups is 4. The van der Waals surface area contributed by atoms with Gasteiger partial charge < -0.3 is 59.1 Å². The molecule has 0 bridgehead atoms. The number of piperazine rings is 1. The first-order chi connectivity index (χ1) is 37.1. The minimum atomic E-state index is -1.25. The van der Waals surface area contributed by atoms with Crippen LogP contribution in [0, 0.1) is 0 Å². The van der Waals surface area contributed by atoms with Gasteiger partial charge in [-0.2, -0.15) is 0 Å². The topological polar surface area (TPSA) is 227 Å². The van der Waals surface area contributed by atoms with Crippen LogP contribution >= 0.6 is 11.6 Å². The summed E-state index contributed by atoms with van der Waals surface area (Å²) in [5.41, 5.74) is 2.14. The Hall–Kier alpha value is -6.91. The van der Waals surface area contributed by atoms with E-state index in [4.69, 9.17) is 30.5 Å². The molecule has 0 unspecified atom stereocenters. The predicted molar refractivity (Wildman–Crippen MR) is 293 cm³/mol. The van der Waals surface area contributed by atoms with Gasteiger partial charge in [0.1, 0.15) is 52.5 Å². The summed E-state index contributed by atoms with van der Waals surface area (Å²) in [5, 5.41) is 10.6. The lowest BCUT2D eigenvalue weighted by atomic mass is 9.85. The predicted octanol–water partition coefficient (Wildman–Crippen LogP) is 5.45. The number of para-hydroxylation sites is 1. The van der Waals surface area contributed by atoms with E-state index >= 15 is 0 Å². The van der Waals surface area contributed by atoms with Crippen molar-refractivity contribution in [3.8, 4) is 5.75 Å². The Morgan fingerprint density at radius 3 is 2.36 bits per heavy atom. The highest BCUT2D eigenvalue weighted by Crippen LogP contribution is 2.32. The average Bonchev–Trinajstić information content (AvgIpc) is 4.07. The normalized spacial score (nSPS) is 15.4. The van der Waals surface area contributed by atoms with Crippen LogP contribution in [0.1, 0.15) is 74.1 Å². The second-order valence-electron chi connectivity index (χ2n) is 20.6. The van der Waals surface area contributed by atoms with Crippen molar-refractivity contribution in [2.24, 2.45) is 0 Å². The fourth-order valence-electron chi connectivity index (χ4n) is 9.41. The van der Waals surface area contributed by atoms with E-state index in [0.29, 0.717) is 108 Å². The van der Waals surface area contributed by atoms with Crippen LogP contribution in [0.3, 0.4) is 0 Å². The van der Waals surface area contributed by atoms with Crippen LogP contribution in [0.25, 0.3) is 22.2 Å². The fourth-order valence-corrected chi connectivity index (χ4v) is 9.54. The average molecular weight is 1080 g/mol. The molecule has 8 rings (SSSR count). The van der Waals surface area contributed by atoms with Crippen LogP contribution in [0.2, 0.25) is 5.02 Å². The first-order valence-electron chi connectivity index (χ1n) is 26.3. The van der Waals surface area contributed by atoms with Crippen molar-refractivity contribution in [1.82, 2.24) is 60.1 Å². The second kappa shape index (κ2) is 26.4. The lowest BCUT2D eigenvalue weighted by Gasteiger charge is -2.42. The van der Waals surface area contributed by atoms with E-state index in [1.807, 2.05) is 84.4 Å². The summed E-state index contributed by atoms with van der Waals surface area (Å²) < 4.78 is 25.1. The molecule has 0 aliphatic carbocycles. The number of piperidine rings is 1. The Morgan fingerprint density at radius 1 is 0.857 bits per heavy atom. The van der Waals surface area contributed by atoms with Crippen LogP contribution in [-0.4, -0.2) is 185 Å². The lowest BCUT2D eigenvalue weighted by Crippen LogP contribution is -2.64. The molecule has 77 heavy (non-hydrogen) atoms. The number of benzene rings is 2. The van der Waals surface area contributed by atoms with Crippen molar-refractivity contribution < 1.29 is 38.1 Å². The maximum Gasteiger partial charge on any atom is 0.408 e. The number of aromatic amines is 1. The number of pyridine rings is 1. The summed E-state index contributed by atoms with van der Waals surface area (Å²) in [6.07, 6.45) is 5.86.